The number of nitrogens with one attached hydrogen (secondary N) is 2. The number of urea groups is 1. The number of amides is 2. The summed E-state index contributed by atoms with van der Waals surface area (Å²) in [6.45, 7) is 0.649. The Balaban J connectivity index is 1.45. The number of hydrogen-bond acceptors (Lipinski definition) is 5. The zero-order valence-electron chi connectivity index (χ0n) is 17.8. The summed E-state index contributed by atoms with van der Waals surface area (Å²) in [5, 5.41) is 12.1. The predicted molar refractivity (Wildman–Crippen MR) is 126 cm³/mol. The van der Waals surface area contributed by atoms with E-state index >= 15 is 0 Å². The highest BCUT2D eigenvalue weighted by Crippen LogP contribution is 2.31. The second-order valence-corrected chi connectivity index (χ2v) is 10.2. The molecule has 2 N–H and O–H groups in total. The Morgan fingerprint density at radius 3 is 2.76 bits per heavy atom. The molecule has 0 saturated heterocycles. The molecule has 1 aliphatic carbocycles. The number of aromatic nitrogens is 4. The van der Waals surface area contributed by atoms with E-state index < -0.39 is 16.1 Å². The van der Waals surface area contributed by atoms with Gasteiger partial charge in [0.1, 0.15) is 4.90 Å². The lowest BCUT2D eigenvalue weighted by Crippen LogP contribution is -2.39. The minimum absolute atomic E-state index is 0.0832. The SMILES string of the molecule is Cn1cc(S(=O)(=O)NC(=O)NC/C=C2\CCCc3cnn(Cc4ccc(Cl)cc4Cl)c32)cn1. The summed E-state index contributed by atoms with van der Waals surface area (Å²) < 4.78 is 29.7. The second-order valence-electron chi connectivity index (χ2n) is 7.66. The van der Waals surface area contributed by atoms with Crippen LogP contribution >= 0.6 is 23.2 Å². The average Bonchev–Trinajstić information content (AvgIpc) is 3.37. The molecular formula is C21H22Cl2N6O3S. The lowest BCUT2D eigenvalue weighted by molar-refractivity contribution is 0.247. The number of carbonyl (C=O) groups excluding carboxylic acids is 1. The van der Waals surface area contributed by atoms with Crippen LogP contribution in [0.2, 0.25) is 10.0 Å². The van der Waals surface area contributed by atoms with Crippen molar-refractivity contribution in [1.29, 1.82) is 0 Å². The molecular weight excluding hydrogens is 487 g/mol. The topological polar surface area (TPSA) is 111 Å². The first-order valence-corrected chi connectivity index (χ1v) is 12.4. The number of allylic oxidation sites excluding steroid dienone is 1. The third-order valence-corrected chi connectivity index (χ3v) is 7.15. The number of nitrogens with zero attached hydrogens (tertiary/aromatic N) is 4. The number of sulfonamides is 1. The normalized spacial score (nSPS) is 14.8. The Hall–Kier alpha value is -2.82. The van der Waals surface area contributed by atoms with E-state index in [1.807, 2.05) is 27.7 Å². The maximum absolute atomic E-state index is 12.2. The van der Waals surface area contributed by atoms with E-state index in [2.05, 4.69) is 15.5 Å². The first kappa shape index (κ1) is 23.3. The molecule has 0 aliphatic heterocycles. The van der Waals surface area contributed by atoms with Crippen molar-refractivity contribution < 1.29 is 13.2 Å². The van der Waals surface area contributed by atoms with Gasteiger partial charge in [-0.15, -0.1) is 0 Å². The molecule has 1 aromatic carbocycles. The van der Waals surface area contributed by atoms with E-state index in [9.17, 15) is 13.2 Å². The molecule has 0 bridgehead atoms. The van der Waals surface area contributed by atoms with Crippen LogP contribution in [-0.4, -0.2) is 40.6 Å². The van der Waals surface area contributed by atoms with Gasteiger partial charge in [-0.1, -0.05) is 35.3 Å². The Bertz CT molecular complexity index is 1330. The molecule has 0 spiro atoms. The molecule has 0 fully saturated rings. The third kappa shape index (κ3) is 5.40. The van der Waals surface area contributed by atoms with E-state index in [1.54, 1.807) is 19.2 Å². The molecule has 0 atom stereocenters. The molecule has 33 heavy (non-hydrogen) atoms. The standard InChI is InChI=1S/C21H22Cl2N6O3S/c1-28-13-18(11-25-28)33(31,32)27-21(30)24-8-7-14-3-2-4-15-10-26-29(20(14)15)12-16-5-6-17(22)9-19(16)23/h5-7,9-11,13H,2-4,8,12H2,1H3,(H2,24,27,30)/b14-7+. The molecule has 0 radical (unpaired) electrons. The lowest BCUT2D eigenvalue weighted by atomic mass is 9.92. The van der Waals surface area contributed by atoms with E-state index in [4.69, 9.17) is 23.2 Å². The van der Waals surface area contributed by atoms with Crippen LogP contribution in [0.3, 0.4) is 0 Å². The molecule has 0 saturated carbocycles. The number of aryl methyl sites for hydroxylation is 2. The maximum Gasteiger partial charge on any atom is 0.328 e. The van der Waals surface area contributed by atoms with Gasteiger partial charge in [-0.3, -0.25) is 9.36 Å². The lowest BCUT2D eigenvalue weighted by Gasteiger charge is -2.18. The number of rotatable bonds is 6. The molecule has 3 aromatic rings. The first-order chi connectivity index (χ1) is 15.7. The number of halogens is 2. The quantitative estimate of drug-likeness (QED) is 0.530. The predicted octanol–water partition coefficient (Wildman–Crippen LogP) is 3.38. The van der Waals surface area contributed by atoms with Gasteiger partial charge in [0.05, 0.1) is 24.6 Å². The van der Waals surface area contributed by atoms with Gasteiger partial charge in [0.25, 0.3) is 10.0 Å². The summed E-state index contributed by atoms with van der Waals surface area (Å²) in [4.78, 5) is 12.1. The van der Waals surface area contributed by atoms with Gasteiger partial charge in [0, 0.05) is 29.8 Å². The minimum Gasteiger partial charge on any atom is -0.334 e. The van der Waals surface area contributed by atoms with Crippen LogP contribution in [0.4, 0.5) is 4.79 Å². The highest BCUT2D eigenvalue weighted by Gasteiger charge is 2.21. The third-order valence-electron chi connectivity index (χ3n) is 5.28. The molecule has 2 aromatic heterocycles. The summed E-state index contributed by atoms with van der Waals surface area (Å²) in [5.41, 5.74) is 4.06. The molecule has 2 amide bonds. The fourth-order valence-electron chi connectivity index (χ4n) is 3.72. The van der Waals surface area contributed by atoms with Crippen molar-refractivity contribution in [1.82, 2.24) is 29.6 Å². The molecule has 0 unspecified atom stereocenters. The molecule has 9 nitrogen and oxygen atoms in total. The van der Waals surface area contributed by atoms with Gasteiger partial charge in [0.15, 0.2) is 0 Å². The fraction of sp³-hybridized carbons (Fsp3) is 0.286. The highest BCUT2D eigenvalue weighted by molar-refractivity contribution is 7.90. The summed E-state index contributed by atoms with van der Waals surface area (Å²) in [6.07, 6.45) is 8.93. The van der Waals surface area contributed by atoms with Crippen molar-refractivity contribution in [3.63, 3.8) is 0 Å². The van der Waals surface area contributed by atoms with Gasteiger partial charge in [-0.2, -0.15) is 10.2 Å². The Kier molecular flexibility index (Phi) is 6.78. The van der Waals surface area contributed by atoms with Crippen LogP contribution < -0.4 is 10.0 Å². The number of hydrogen-bond donors (Lipinski definition) is 2. The summed E-state index contributed by atoms with van der Waals surface area (Å²) in [7, 11) is -2.39. The fourth-order valence-corrected chi connectivity index (χ4v) is 5.10. The summed E-state index contributed by atoms with van der Waals surface area (Å²) in [6, 6.07) is 4.55. The minimum atomic E-state index is -3.98. The van der Waals surface area contributed by atoms with Crippen LogP contribution in [0.25, 0.3) is 5.57 Å². The smallest absolute Gasteiger partial charge is 0.328 e. The van der Waals surface area contributed by atoms with Gasteiger partial charge in [-0.25, -0.2) is 17.9 Å². The molecule has 4 rings (SSSR count). The maximum atomic E-state index is 12.2. The van der Waals surface area contributed by atoms with Crippen LogP contribution in [0.1, 0.15) is 29.7 Å². The van der Waals surface area contributed by atoms with Crippen molar-refractivity contribution in [3.05, 3.63) is 69.7 Å². The number of carbonyl (C=O) groups is 1. The van der Waals surface area contributed by atoms with Gasteiger partial charge < -0.3 is 5.32 Å². The van der Waals surface area contributed by atoms with Crippen molar-refractivity contribution in [2.45, 2.75) is 30.7 Å². The van der Waals surface area contributed by atoms with Crippen molar-refractivity contribution in [2.75, 3.05) is 6.54 Å². The largest absolute Gasteiger partial charge is 0.334 e. The molecule has 2 heterocycles. The van der Waals surface area contributed by atoms with E-state index in [-0.39, 0.29) is 11.4 Å². The van der Waals surface area contributed by atoms with Crippen LogP contribution in [0.15, 0.2) is 47.8 Å². The van der Waals surface area contributed by atoms with E-state index in [0.29, 0.717) is 16.6 Å². The highest BCUT2D eigenvalue weighted by atomic mass is 35.5. The zero-order chi connectivity index (χ0) is 23.6. The Morgan fingerprint density at radius 1 is 1.21 bits per heavy atom. The molecule has 12 heteroatoms. The van der Waals surface area contributed by atoms with E-state index in [0.717, 1.165) is 41.7 Å². The summed E-state index contributed by atoms with van der Waals surface area (Å²) >= 11 is 12.3. The summed E-state index contributed by atoms with van der Waals surface area (Å²) in [5.74, 6) is 0. The van der Waals surface area contributed by atoms with Crippen molar-refractivity contribution in [2.24, 2.45) is 7.05 Å². The molecule has 174 valence electrons. The van der Waals surface area contributed by atoms with Gasteiger partial charge in [0.2, 0.25) is 0 Å². The van der Waals surface area contributed by atoms with Crippen molar-refractivity contribution >= 4 is 44.8 Å². The number of fused-ring (bicyclic) bond motifs is 1. The average molecular weight is 509 g/mol. The number of benzene rings is 1. The van der Waals surface area contributed by atoms with Gasteiger partial charge >= 0.3 is 6.03 Å². The van der Waals surface area contributed by atoms with Crippen LogP contribution in [0, 0.1) is 0 Å². The van der Waals surface area contributed by atoms with Crippen LogP contribution in [0.5, 0.6) is 0 Å². The molecule has 1 aliphatic rings. The van der Waals surface area contributed by atoms with Crippen LogP contribution in [-0.2, 0) is 30.0 Å². The zero-order valence-corrected chi connectivity index (χ0v) is 20.1. The first-order valence-electron chi connectivity index (χ1n) is 10.2. The van der Waals surface area contributed by atoms with Crippen molar-refractivity contribution in [3.8, 4) is 0 Å². The Labute approximate surface area is 201 Å². The monoisotopic (exact) mass is 508 g/mol. The second kappa shape index (κ2) is 9.58. The Morgan fingerprint density at radius 2 is 2.03 bits per heavy atom. The van der Waals surface area contributed by atoms with E-state index in [1.165, 1.54) is 17.1 Å². The van der Waals surface area contributed by atoms with Gasteiger partial charge in [-0.05, 0) is 48.1 Å².